The molecule has 0 aromatic heterocycles. The van der Waals surface area contributed by atoms with Gasteiger partial charge in [-0.2, -0.15) is 0 Å². The van der Waals surface area contributed by atoms with E-state index in [9.17, 15) is 9.18 Å². The zero-order chi connectivity index (χ0) is 15.4. The maximum Gasteiger partial charge on any atom is 0.319 e. The van der Waals surface area contributed by atoms with Gasteiger partial charge in [0, 0.05) is 18.3 Å². The molecule has 5 nitrogen and oxygen atoms in total. The first-order valence-corrected chi connectivity index (χ1v) is 6.90. The highest BCUT2D eigenvalue weighted by molar-refractivity contribution is 5.89. The van der Waals surface area contributed by atoms with Crippen molar-refractivity contribution in [1.29, 1.82) is 0 Å². The Bertz CT molecular complexity index is 691. The molecule has 1 aliphatic rings. The third kappa shape index (κ3) is 3.46. The molecule has 22 heavy (non-hydrogen) atoms. The van der Waals surface area contributed by atoms with Crippen molar-refractivity contribution in [3.05, 3.63) is 53.8 Å². The summed E-state index contributed by atoms with van der Waals surface area (Å²) in [6.07, 6.45) is 0.562. The average Bonchev–Trinajstić information content (AvgIpc) is 2.95. The van der Waals surface area contributed by atoms with Gasteiger partial charge in [-0.05, 0) is 36.2 Å². The molecule has 0 saturated carbocycles. The van der Waals surface area contributed by atoms with Crippen molar-refractivity contribution in [3.63, 3.8) is 0 Å². The van der Waals surface area contributed by atoms with E-state index in [1.165, 1.54) is 12.1 Å². The Morgan fingerprint density at radius 1 is 1.14 bits per heavy atom. The molecule has 2 N–H and O–H groups in total. The summed E-state index contributed by atoms with van der Waals surface area (Å²) >= 11 is 0. The third-order valence-corrected chi connectivity index (χ3v) is 3.22. The van der Waals surface area contributed by atoms with Gasteiger partial charge in [0.05, 0.1) is 0 Å². The highest BCUT2D eigenvalue weighted by atomic mass is 19.1. The summed E-state index contributed by atoms with van der Waals surface area (Å²) in [4.78, 5) is 11.8. The first kappa shape index (κ1) is 14.2. The molecule has 0 spiro atoms. The van der Waals surface area contributed by atoms with Crippen LogP contribution in [-0.2, 0) is 6.42 Å². The lowest BCUT2D eigenvalue weighted by Crippen LogP contribution is -2.30. The fourth-order valence-electron chi connectivity index (χ4n) is 2.16. The molecule has 0 saturated heterocycles. The predicted octanol–water partition coefficient (Wildman–Crippen LogP) is 2.92. The summed E-state index contributed by atoms with van der Waals surface area (Å²) in [5, 5.41) is 5.43. The minimum Gasteiger partial charge on any atom is -0.454 e. The van der Waals surface area contributed by atoms with E-state index in [0.717, 1.165) is 5.56 Å². The van der Waals surface area contributed by atoms with Crippen LogP contribution in [0.2, 0.25) is 0 Å². The van der Waals surface area contributed by atoms with E-state index in [-0.39, 0.29) is 18.6 Å². The number of benzene rings is 2. The lowest BCUT2D eigenvalue weighted by Gasteiger charge is -2.08. The van der Waals surface area contributed by atoms with Crippen LogP contribution in [0.15, 0.2) is 42.5 Å². The molecule has 0 fully saturated rings. The third-order valence-electron chi connectivity index (χ3n) is 3.22. The summed E-state index contributed by atoms with van der Waals surface area (Å²) in [7, 11) is 0. The Labute approximate surface area is 127 Å². The molecule has 1 heterocycles. The topological polar surface area (TPSA) is 59.6 Å². The van der Waals surface area contributed by atoms with Gasteiger partial charge in [-0.3, -0.25) is 0 Å². The first-order valence-electron chi connectivity index (χ1n) is 6.90. The maximum atomic E-state index is 13.0. The van der Waals surface area contributed by atoms with E-state index >= 15 is 0 Å². The number of halogens is 1. The van der Waals surface area contributed by atoms with Crippen molar-refractivity contribution < 1.29 is 18.7 Å². The van der Waals surface area contributed by atoms with E-state index < -0.39 is 0 Å². The van der Waals surface area contributed by atoms with Crippen LogP contribution in [0.5, 0.6) is 11.5 Å². The highest BCUT2D eigenvalue weighted by Crippen LogP contribution is 2.34. The molecule has 0 atom stereocenters. The van der Waals surface area contributed by atoms with E-state index in [1.54, 1.807) is 24.3 Å². The van der Waals surface area contributed by atoms with Crippen LogP contribution in [-0.4, -0.2) is 19.4 Å². The number of anilines is 1. The van der Waals surface area contributed by atoms with Crippen LogP contribution in [0.3, 0.4) is 0 Å². The summed E-state index contributed by atoms with van der Waals surface area (Å²) in [5.74, 6) is 0.997. The molecule has 2 amide bonds. The Morgan fingerprint density at radius 3 is 2.86 bits per heavy atom. The first-order chi connectivity index (χ1) is 10.7. The minimum atomic E-state index is -0.324. The zero-order valence-electron chi connectivity index (χ0n) is 11.8. The van der Waals surface area contributed by atoms with Crippen molar-refractivity contribution in [2.45, 2.75) is 6.42 Å². The van der Waals surface area contributed by atoms with Crippen molar-refractivity contribution in [1.82, 2.24) is 5.32 Å². The molecule has 0 aliphatic carbocycles. The number of hydrogen-bond donors (Lipinski definition) is 2. The Balaban J connectivity index is 1.48. The molecule has 6 heteroatoms. The molecule has 114 valence electrons. The number of nitrogens with one attached hydrogen (secondary N) is 2. The summed E-state index contributed by atoms with van der Waals surface area (Å²) < 4.78 is 23.5. The van der Waals surface area contributed by atoms with Gasteiger partial charge in [-0.1, -0.05) is 12.1 Å². The van der Waals surface area contributed by atoms with Crippen LogP contribution in [0.25, 0.3) is 0 Å². The lowest BCUT2D eigenvalue weighted by molar-refractivity contribution is 0.174. The van der Waals surface area contributed by atoms with Crippen LogP contribution in [0, 0.1) is 5.82 Å². The van der Waals surface area contributed by atoms with Crippen molar-refractivity contribution in [2.24, 2.45) is 0 Å². The predicted molar refractivity (Wildman–Crippen MR) is 79.7 cm³/mol. The Kier molecular flexibility index (Phi) is 4.09. The van der Waals surface area contributed by atoms with Crippen LogP contribution in [0.4, 0.5) is 14.9 Å². The van der Waals surface area contributed by atoms with Crippen molar-refractivity contribution >= 4 is 11.7 Å². The summed E-state index contributed by atoms with van der Waals surface area (Å²) in [5.41, 5.74) is 1.45. The standard InChI is InChI=1S/C16H15FN2O3/c17-12-3-1-2-11(8-12)6-7-18-16(20)19-13-4-5-14-15(9-13)22-10-21-14/h1-5,8-9H,6-7,10H2,(H2,18,19,20). The van der Waals surface area contributed by atoms with Gasteiger partial charge >= 0.3 is 6.03 Å². The van der Waals surface area contributed by atoms with Crippen molar-refractivity contribution in [2.75, 3.05) is 18.7 Å². The molecule has 2 aromatic rings. The monoisotopic (exact) mass is 302 g/mol. The Hall–Kier alpha value is -2.76. The molecule has 2 aromatic carbocycles. The van der Waals surface area contributed by atoms with Crippen LogP contribution < -0.4 is 20.1 Å². The van der Waals surface area contributed by atoms with E-state index in [0.29, 0.717) is 30.2 Å². The minimum absolute atomic E-state index is 0.193. The molecule has 3 rings (SSSR count). The van der Waals surface area contributed by atoms with Gasteiger partial charge in [0.1, 0.15) is 5.82 Å². The second kappa shape index (κ2) is 6.34. The van der Waals surface area contributed by atoms with Gasteiger partial charge in [0.2, 0.25) is 6.79 Å². The van der Waals surface area contributed by atoms with Gasteiger partial charge in [-0.25, -0.2) is 9.18 Å². The maximum absolute atomic E-state index is 13.0. The molecule has 0 bridgehead atoms. The highest BCUT2D eigenvalue weighted by Gasteiger charge is 2.13. The number of hydrogen-bond acceptors (Lipinski definition) is 3. The Morgan fingerprint density at radius 2 is 2.00 bits per heavy atom. The average molecular weight is 302 g/mol. The van der Waals surface area contributed by atoms with Crippen molar-refractivity contribution in [3.8, 4) is 11.5 Å². The summed E-state index contributed by atoms with van der Waals surface area (Å²) in [6.45, 7) is 0.610. The van der Waals surface area contributed by atoms with Crippen LogP contribution >= 0.6 is 0 Å². The van der Waals surface area contributed by atoms with Gasteiger partial charge in [-0.15, -0.1) is 0 Å². The number of urea groups is 1. The molecule has 0 unspecified atom stereocenters. The van der Waals surface area contributed by atoms with Gasteiger partial charge in [0.25, 0.3) is 0 Å². The smallest absolute Gasteiger partial charge is 0.319 e. The molecular formula is C16H15FN2O3. The largest absolute Gasteiger partial charge is 0.454 e. The number of ether oxygens (including phenoxy) is 2. The SMILES string of the molecule is O=C(NCCc1cccc(F)c1)Nc1ccc2c(c1)OCO2. The lowest BCUT2D eigenvalue weighted by atomic mass is 10.1. The second-order valence-electron chi connectivity index (χ2n) is 4.83. The number of fused-ring (bicyclic) bond motifs is 1. The molecule has 1 aliphatic heterocycles. The van der Waals surface area contributed by atoms with E-state index in [2.05, 4.69) is 10.6 Å². The normalized spacial score (nSPS) is 12.0. The molecular weight excluding hydrogens is 287 g/mol. The second-order valence-corrected chi connectivity index (χ2v) is 4.83. The van der Waals surface area contributed by atoms with E-state index in [1.807, 2.05) is 6.07 Å². The van der Waals surface area contributed by atoms with E-state index in [4.69, 9.17) is 9.47 Å². The quantitative estimate of drug-likeness (QED) is 0.913. The van der Waals surface area contributed by atoms with Gasteiger partial charge in [0.15, 0.2) is 11.5 Å². The zero-order valence-corrected chi connectivity index (χ0v) is 11.8. The number of amides is 2. The van der Waals surface area contributed by atoms with Gasteiger partial charge < -0.3 is 20.1 Å². The molecule has 0 radical (unpaired) electrons. The fourth-order valence-corrected chi connectivity index (χ4v) is 2.16. The fraction of sp³-hybridized carbons (Fsp3) is 0.188. The number of carbonyl (C=O) groups is 1. The summed E-state index contributed by atoms with van der Waals surface area (Å²) in [6, 6.07) is 11.2. The number of rotatable bonds is 4. The van der Waals surface area contributed by atoms with Crippen LogP contribution in [0.1, 0.15) is 5.56 Å². The number of carbonyl (C=O) groups excluding carboxylic acids is 1.